The molecule has 2 nitrogen and oxygen atoms in total. The highest BCUT2D eigenvalue weighted by molar-refractivity contribution is 6.67. The van der Waals surface area contributed by atoms with Crippen molar-refractivity contribution < 1.29 is 9.21 Å². The number of rotatable bonds is 2. The molecule has 0 spiro atoms. The summed E-state index contributed by atoms with van der Waals surface area (Å²) in [4.78, 5) is 10.9. The van der Waals surface area contributed by atoms with Gasteiger partial charge in [0.15, 0.2) is 5.76 Å². The lowest BCUT2D eigenvalue weighted by Gasteiger charge is -2.00. The van der Waals surface area contributed by atoms with Crippen LogP contribution in [0, 0.1) is 6.92 Å². The zero-order valence-corrected chi connectivity index (χ0v) is 9.97. The molecule has 2 aromatic rings. The average molecular weight is 255 g/mol. The van der Waals surface area contributed by atoms with Gasteiger partial charge in [0, 0.05) is 10.6 Å². The number of hydrogen-bond donors (Lipinski definition) is 0. The van der Waals surface area contributed by atoms with Crippen molar-refractivity contribution in [2.24, 2.45) is 0 Å². The Labute approximate surface area is 103 Å². The lowest BCUT2D eigenvalue weighted by Crippen LogP contribution is -1.82. The molecule has 0 N–H and O–H groups in total. The van der Waals surface area contributed by atoms with Gasteiger partial charge in [-0.25, -0.2) is 0 Å². The second-order valence-electron chi connectivity index (χ2n) is 3.40. The number of carbonyl (C=O) groups excluding carboxylic acids is 1. The van der Waals surface area contributed by atoms with Crippen LogP contribution >= 0.6 is 23.2 Å². The maximum Gasteiger partial charge on any atom is 0.287 e. The van der Waals surface area contributed by atoms with E-state index in [0.717, 1.165) is 11.1 Å². The van der Waals surface area contributed by atoms with Gasteiger partial charge in [-0.15, -0.1) is 0 Å². The van der Waals surface area contributed by atoms with Crippen molar-refractivity contribution in [1.82, 2.24) is 0 Å². The number of aryl methyl sites for hydroxylation is 1. The van der Waals surface area contributed by atoms with Crippen LogP contribution in [0.3, 0.4) is 0 Å². The number of halogens is 2. The molecule has 1 aromatic carbocycles. The Hall–Kier alpha value is -1.25. The summed E-state index contributed by atoms with van der Waals surface area (Å²) in [6.45, 7) is 1.92. The average Bonchev–Trinajstić information content (AvgIpc) is 2.71. The molecule has 0 radical (unpaired) electrons. The van der Waals surface area contributed by atoms with E-state index in [1.54, 1.807) is 18.2 Å². The summed E-state index contributed by atoms with van der Waals surface area (Å²) >= 11 is 11.3. The molecule has 1 heterocycles. The zero-order valence-electron chi connectivity index (χ0n) is 8.46. The molecule has 0 fully saturated rings. The Kier molecular flexibility index (Phi) is 3.03. The van der Waals surface area contributed by atoms with Crippen LogP contribution in [0.2, 0.25) is 5.02 Å². The van der Waals surface area contributed by atoms with Crippen LogP contribution in [0.25, 0.3) is 11.3 Å². The Balaban J connectivity index is 2.42. The van der Waals surface area contributed by atoms with Crippen LogP contribution in [0.15, 0.2) is 34.7 Å². The van der Waals surface area contributed by atoms with Crippen LogP contribution in [0.5, 0.6) is 0 Å². The van der Waals surface area contributed by atoms with Crippen molar-refractivity contribution in [3.05, 3.63) is 46.7 Å². The zero-order chi connectivity index (χ0) is 11.7. The first kappa shape index (κ1) is 11.2. The van der Waals surface area contributed by atoms with Gasteiger partial charge < -0.3 is 4.42 Å². The summed E-state index contributed by atoms with van der Waals surface area (Å²) in [5, 5.41) is 0.0529. The molecule has 0 saturated carbocycles. The molecule has 0 saturated heterocycles. The van der Waals surface area contributed by atoms with E-state index >= 15 is 0 Å². The summed E-state index contributed by atoms with van der Waals surface area (Å²) in [7, 11) is 0. The van der Waals surface area contributed by atoms with Gasteiger partial charge in [0.2, 0.25) is 0 Å². The van der Waals surface area contributed by atoms with E-state index in [1.807, 2.05) is 19.1 Å². The predicted molar refractivity (Wildman–Crippen MR) is 64.1 cm³/mol. The third-order valence-electron chi connectivity index (χ3n) is 2.26. The van der Waals surface area contributed by atoms with Crippen LogP contribution in [-0.2, 0) is 0 Å². The highest BCUT2D eigenvalue weighted by Gasteiger charge is 2.10. The number of carbonyl (C=O) groups is 1. The molecule has 0 atom stereocenters. The van der Waals surface area contributed by atoms with E-state index in [9.17, 15) is 4.79 Å². The molecule has 0 bridgehead atoms. The second-order valence-corrected chi connectivity index (χ2v) is 4.15. The summed E-state index contributed by atoms with van der Waals surface area (Å²) in [6.07, 6.45) is 0. The molecular weight excluding hydrogens is 247 g/mol. The van der Waals surface area contributed by atoms with E-state index in [1.165, 1.54) is 0 Å². The fourth-order valence-corrected chi connectivity index (χ4v) is 1.63. The molecule has 0 aliphatic rings. The SMILES string of the molecule is Cc1ccc(-c2ccc(C(=O)Cl)o2)cc1Cl. The third-order valence-corrected chi connectivity index (χ3v) is 2.85. The first-order chi connectivity index (χ1) is 7.58. The monoisotopic (exact) mass is 254 g/mol. The van der Waals surface area contributed by atoms with Crippen LogP contribution in [-0.4, -0.2) is 5.24 Å². The molecule has 1 aromatic heterocycles. The molecule has 0 unspecified atom stereocenters. The molecule has 0 aliphatic heterocycles. The molecular formula is C12H8Cl2O2. The molecule has 0 aliphatic carbocycles. The maximum atomic E-state index is 10.9. The van der Waals surface area contributed by atoms with Crippen LogP contribution in [0.4, 0.5) is 0 Å². The number of furan rings is 1. The van der Waals surface area contributed by atoms with Gasteiger partial charge in [0.05, 0.1) is 0 Å². The molecule has 4 heteroatoms. The van der Waals surface area contributed by atoms with Crippen molar-refractivity contribution in [3.8, 4) is 11.3 Å². The van der Waals surface area contributed by atoms with Crippen LogP contribution < -0.4 is 0 Å². The first-order valence-corrected chi connectivity index (χ1v) is 5.39. The maximum absolute atomic E-state index is 10.9. The lowest BCUT2D eigenvalue weighted by molar-refractivity contribution is 0.105. The summed E-state index contributed by atoms with van der Waals surface area (Å²) in [5.74, 6) is 0.708. The fraction of sp³-hybridized carbons (Fsp3) is 0.0833. The normalized spacial score (nSPS) is 10.4. The van der Waals surface area contributed by atoms with Crippen LogP contribution in [0.1, 0.15) is 16.1 Å². The number of hydrogen-bond acceptors (Lipinski definition) is 2. The topological polar surface area (TPSA) is 30.2 Å². The lowest BCUT2D eigenvalue weighted by atomic mass is 10.1. The minimum absolute atomic E-state index is 0.133. The molecule has 82 valence electrons. The second kappa shape index (κ2) is 4.32. The summed E-state index contributed by atoms with van der Waals surface area (Å²) < 4.78 is 5.29. The van der Waals surface area contributed by atoms with Gasteiger partial charge in [-0.3, -0.25) is 4.79 Å². The highest BCUT2D eigenvalue weighted by Crippen LogP contribution is 2.27. The fourth-order valence-electron chi connectivity index (χ4n) is 1.34. The third kappa shape index (κ3) is 2.13. The van der Waals surface area contributed by atoms with E-state index in [4.69, 9.17) is 27.6 Å². The van der Waals surface area contributed by atoms with E-state index in [0.29, 0.717) is 10.8 Å². The quantitative estimate of drug-likeness (QED) is 0.749. The summed E-state index contributed by atoms with van der Waals surface area (Å²) in [6, 6.07) is 8.79. The Morgan fingerprint density at radius 2 is 2.00 bits per heavy atom. The minimum atomic E-state index is -0.607. The van der Waals surface area contributed by atoms with Crippen molar-refractivity contribution in [2.75, 3.05) is 0 Å². The van der Waals surface area contributed by atoms with E-state index in [2.05, 4.69) is 0 Å². The Morgan fingerprint density at radius 3 is 2.56 bits per heavy atom. The standard InChI is InChI=1S/C12H8Cl2O2/c1-7-2-3-8(6-9(7)13)10-4-5-11(16-10)12(14)15/h2-6H,1H3. The molecule has 16 heavy (non-hydrogen) atoms. The Bertz CT molecular complexity index is 544. The van der Waals surface area contributed by atoms with Gasteiger partial charge in [-0.1, -0.05) is 23.7 Å². The molecule has 2 rings (SSSR count). The van der Waals surface area contributed by atoms with Gasteiger partial charge >= 0.3 is 0 Å². The number of benzene rings is 1. The van der Waals surface area contributed by atoms with Gasteiger partial charge in [0.1, 0.15) is 5.76 Å². The van der Waals surface area contributed by atoms with Crippen molar-refractivity contribution >= 4 is 28.4 Å². The first-order valence-electron chi connectivity index (χ1n) is 4.64. The smallest absolute Gasteiger partial charge is 0.287 e. The van der Waals surface area contributed by atoms with Gasteiger partial charge in [-0.2, -0.15) is 0 Å². The predicted octanol–water partition coefficient (Wildman–Crippen LogP) is 4.29. The van der Waals surface area contributed by atoms with Crippen molar-refractivity contribution in [1.29, 1.82) is 0 Å². The minimum Gasteiger partial charge on any atom is -0.452 e. The van der Waals surface area contributed by atoms with Gasteiger partial charge in [-0.05, 0) is 42.3 Å². The van der Waals surface area contributed by atoms with E-state index < -0.39 is 5.24 Å². The largest absolute Gasteiger partial charge is 0.452 e. The van der Waals surface area contributed by atoms with Gasteiger partial charge in [0.25, 0.3) is 5.24 Å². The Morgan fingerprint density at radius 1 is 1.25 bits per heavy atom. The summed E-state index contributed by atoms with van der Waals surface area (Å²) in [5.41, 5.74) is 1.81. The molecule has 0 amide bonds. The van der Waals surface area contributed by atoms with Crippen molar-refractivity contribution in [2.45, 2.75) is 6.92 Å². The van der Waals surface area contributed by atoms with Crippen molar-refractivity contribution in [3.63, 3.8) is 0 Å². The highest BCUT2D eigenvalue weighted by atomic mass is 35.5. The van der Waals surface area contributed by atoms with E-state index in [-0.39, 0.29) is 5.76 Å².